The first-order valence-corrected chi connectivity index (χ1v) is 7.06. The molecule has 2 N–H and O–H groups in total. The van der Waals surface area contributed by atoms with Crippen LogP contribution in [0, 0.1) is 5.92 Å². The lowest BCUT2D eigenvalue weighted by molar-refractivity contribution is -0.120. The van der Waals surface area contributed by atoms with Gasteiger partial charge in [0, 0.05) is 17.6 Å². The maximum atomic E-state index is 11.8. The molecular formula is C14H20BrNO3. The van der Waals surface area contributed by atoms with E-state index in [4.69, 9.17) is 9.84 Å². The van der Waals surface area contributed by atoms with Crippen molar-refractivity contribution in [2.75, 3.05) is 20.3 Å². The highest BCUT2D eigenvalue weighted by Gasteiger charge is 2.09. The van der Waals surface area contributed by atoms with E-state index in [0.29, 0.717) is 19.4 Å². The van der Waals surface area contributed by atoms with Gasteiger partial charge < -0.3 is 15.2 Å². The zero-order valence-corrected chi connectivity index (χ0v) is 12.9. The average molecular weight is 330 g/mol. The lowest BCUT2D eigenvalue weighted by Crippen LogP contribution is -2.30. The van der Waals surface area contributed by atoms with Crippen LogP contribution in [0.2, 0.25) is 0 Å². The monoisotopic (exact) mass is 329 g/mol. The fourth-order valence-corrected chi connectivity index (χ4v) is 2.05. The summed E-state index contributed by atoms with van der Waals surface area (Å²) in [5.74, 6) is 0.987. The quantitative estimate of drug-likeness (QED) is 0.805. The van der Waals surface area contributed by atoms with Crippen molar-refractivity contribution in [3.63, 3.8) is 0 Å². The SMILES string of the molecule is COc1ccc(Br)c(CC(=O)NCC(C)CCO)c1. The Bertz CT molecular complexity index is 423. The van der Waals surface area contributed by atoms with Gasteiger partial charge in [0.25, 0.3) is 0 Å². The van der Waals surface area contributed by atoms with Crippen molar-refractivity contribution in [1.82, 2.24) is 5.32 Å². The molecule has 4 nitrogen and oxygen atoms in total. The minimum Gasteiger partial charge on any atom is -0.497 e. The Morgan fingerprint density at radius 3 is 2.89 bits per heavy atom. The van der Waals surface area contributed by atoms with Gasteiger partial charge >= 0.3 is 0 Å². The zero-order valence-electron chi connectivity index (χ0n) is 11.3. The number of methoxy groups -OCH3 is 1. The highest BCUT2D eigenvalue weighted by molar-refractivity contribution is 9.10. The smallest absolute Gasteiger partial charge is 0.224 e. The predicted molar refractivity (Wildman–Crippen MR) is 78.3 cm³/mol. The summed E-state index contributed by atoms with van der Waals surface area (Å²) in [6, 6.07) is 5.56. The molecule has 0 aliphatic carbocycles. The fraction of sp³-hybridized carbons (Fsp3) is 0.500. The van der Waals surface area contributed by atoms with Crippen molar-refractivity contribution in [2.45, 2.75) is 19.8 Å². The molecule has 0 spiro atoms. The number of hydrogen-bond donors (Lipinski definition) is 2. The van der Waals surface area contributed by atoms with Crippen LogP contribution in [0.15, 0.2) is 22.7 Å². The summed E-state index contributed by atoms with van der Waals surface area (Å²) in [6.07, 6.45) is 1.01. The third-order valence-electron chi connectivity index (χ3n) is 2.87. The minimum atomic E-state index is -0.0289. The Labute approximate surface area is 122 Å². The molecule has 1 rings (SSSR count). The number of carbonyl (C=O) groups is 1. The molecule has 0 aliphatic rings. The summed E-state index contributed by atoms with van der Waals surface area (Å²) in [7, 11) is 1.60. The highest BCUT2D eigenvalue weighted by atomic mass is 79.9. The number of aliphatic hydroxyl groups excluding tert-OH is 1. The van der Waals surface area contributed by atoms with E-state index in [-0.39, 0.29) is 18.4 Å². The Morgan fingerprint density at radius 1 is 1.53 bits per heavy atom. The summed E-state index contributed by atoms with van der Waals surface area (Å²) < 4.78 is 6.04. The van der Waals surface area contributed by atoms with E-state index in [1.165, 1.54) is 0 Å². The molecule has 0 fully saturated rings. The number of rotatable bonds is 7. The molecule has 1 aromatic rings. The van der Waals surface area contributed by atoms with Gasteiger partial charge in [-0.15, -0.1) is 0 Å². The molecule has 0 saturated carbocycles. The van der Waals surface area contributed by atoms with E-state index in [9.17, 15) is 4.79 Å². The molecule has 0 saturated heterocycles. The summed E-state index contributed by atoms with van der Waals surface area (Å²) in [5, 5.41) is 11.7. The van der Waals surface area contributed by atoms with Crippen LogP contribution in [0.25, 0.3) is 0 Å². The average Bonchev–Trinajstić information content (AvgIpc) is 2.39. The first-order valence-electron chi connectivity index (χ1n) is 6.26. The van der Waals surface area contributed by atoms with Gasteiger partial charge in [0.15, 0.2) is 0 Å². The van der Waals surface area contributed by atoms with Crippen molar-refractivity contribution < 1.29 is 14.6 Å². The number of benzene rings is 1. The van der Waals surface area contributed by atoms with Gasteiger partial charge in [-0.25, -0.2) is 0 Å². The highest BCUT2D eigenvalue weighted by Crippen LogP contribution is 2.22. The molecule has 0 bridgehead atoms. The van der Waals surface area contributed by atoms with Crippen LogP contribution in [0.3, 0.4) is 0 Å². The molecule has 0 aromatic heterocycles. The Kier molecular flexibility index (Phi) is 6.87. The molecule has 1 atom stereocenters. The molecule has 19 heavy (non-hydrogen) atoms. The van der Waals surface area contributed by atoms with Crippen molar-refractivity contribution in [3.8, 4) is 5.75 Å². The number of carbonyl (C=O) groups excluding carboxylic acids is 1. The van der Waals surface area contributed by atoms with Gasteiger partial charge in [0.2, 0.25) is 5.91 Å². The van der Waals surface area contributed by atoms with Crippen LogP contribution >= 0.6 is 15.9 Å². The van der Waals surface area contributed by atoms with Gasteiger partial charge in [-0.1, -0.05) is 22.9 Å². The number of ether oxygens (including phenoxy) is 1. The Balaban J connectivity index is 2.52. The van der Waals surface area contributed by atoms with Gasteiger partial charge in [0.05, 0.1) is 13.5 Å². The first kappa shape index (κ1) is 16.0. The second-order valence-corrected chi connectivity index (χ2v) is 5.41. The van der Waals surface area contributed by atoms with Crippen molar-refractivity contribution in [1.29, 1.82) is 0 Å². The third-order valence-corrected chi connectivity index (χ3v) is 3.65. The van der Waals surface area contributed by atoms with E-state index in [0.717, 1.165) is 15.8 Å². The third kappa shape index (κ3) is 5.61. The molecule has 0 aliphatic heterocycles. The number of halogens is 1. The Morgan fingerprint density at radius 2 is 2.26 bits per heavy atom. The zero-order chi connectivity index (χ0) is 14.3. The molecule has 0 radical (unpaired) electrons. The second kappa shape index (κ2) is 8.17. The van der Waals surface area contributed by atoms with E-state index in [2.05, 4.69) is 21.2 Å². The molecule has 0 heterocycles. The van der Waals surface area contributed by atoms with Gasteiger partial charge in [-0.2, -0.15) is 0 Å². The summed E-state index contributed by atoms with van der Waals surface area (Å²) >= 11 is 3.42. The lowest BCUT2D eigenvalue weighted by atomic mass is 10.1. The van der Waals surface area contributed by atoms with Gasteiger partial charge in [-0.3, -0.25) is 4.79 Å². The van der Waals surface area contributed by atoms with Crippen LogP contribution in [-0.4, -0.2) is 31.3 Å². The molecule has 1 amide bonds. The molecular weight excluding hydrogens is 310 g/mol. The predicted octanol–water partition coefficient (Wildman–Crippen LogP) is 2.13. The standard InChI is InChI=1S/C14H20BrNO3/c1-10(5-6-17)9-16-14(18)8-11-7-12(19-2)3-4-13(11)15/h3-4,7,10,17H,5-6,8-9H2,1-2H3,(H,16,18). The maximum absolute atomic E-state index is 11.8. The van der Waals surface area contributed by atoms with Crippen LogP contribution < -0.4 is 10.1 Å². The van der Waals surface area contributed by atoms with Gasteiger partial charge in [-0.05, 0) is 36.1 Å². The van der Waals surface area contributed by atoms with Gasteiger partial charge in [0.1, 0.15) is 5.75 Å². The van der Waals surface area contributed by atoms with E-state index < -0.39 is 0 Å². The van der Waals surface area contributed by atoms with Crippen molar-refractivity contribution in [2.24, 2.45) is 5.92 Å². The van der Waals surface area contributed by atoms with E-state index in [1.54, 1.807) is 7.11 Å². The summed E-state index contributed by atoms with van der Waals surface area (Å²) in [4.78, 5) is 11.8. The largest absolute Gasteiger partial charge is 0.497 e. The van der Waals surface area contributed by atoms with E-state index >= 15 is 0 Å². The number of amides is 1. The molecule has 1 unspecified atom stereocenters. The molecule has 5 heteroatoms. The van der Waals surface area contributed by atoms with E-state index in [1.807, 2.05) is 25.1 Å². The molecule has 1 aromatic carbocycles. The topological polar surface area (TPSA) is 58.6 Å². The minimum absolute atomic E-state index is 0.0289. The van der Waals surface area contributed by atoms with Crippen LogP contribution in [-0.2, 0) is 11.2 Å². The summed E-state index contributed by atoms with van der Waals surface area (Å²) in [6.45, 7) is 2.73. The second-order valence-electron chi connectivity index (χ2n) is 4.56. The number of aliphatic hydroxyl groups is 1. The molecule has 106 valence electrons. The van der Waals surface area contributed by atoms with Crippen LogP contribution in [0.5, 0.6) is 5.75 Å². The summed E-state index contributed by atoms with van der Waals surface area (Å²) in [5.41, 5.74) is 0.895. The fourth-order valence-electron chi connectivity index (χ4n) is 1.66. The number of nitrogens with one attached hydrogen (secondary N) is 1. The van der Waals surface area contributed by atoms with Crippen molar-refractivity contribution >= 4 is 21.8 Å². The first-order chi connectivity index (χ1) is 9.06. The van der Waals surface area contributed by atoms with Crippen molar-refractivity contribution in [3.05, 3.63) is 28.2 Å². The van der Waals surface area contributed by atoms with Crippen LogP contribution in [0.4, 0.5) is 0 Å². The lowest BCUT2D eigenvalue weighted by Gasteiger charge is -2.12. The maximum Gasteiger partial charge on any atom is 0.224 e. The van der Waals surface area contributed by atoms with Crippen LogP contribution in [0.1, 0.15) is 18.9 Å². The Hall–Kier alpha value is -1.07. The number of hydrogen-bond acceptors (Lipinski definition) is 3. The normalized spacial score (nSPS) is 12.0.